The highest BCUT2D eigenvalue weighted by Crippen LogP contribution is 2.22. The van der Waals surface area contributed by atoms with Crippen molar-refractivity contribution in [2.75, 3.05) is 0 Å². The van der Waals surface area contributed by atoms with Gasteiger partial charge in [-0.1, -0.05) is 25.1 Å². The van der Waals surface area contributed by atoms with Gasteiger partial charge in [0, 0.05) is 24.5 Å². The van der Waals surface area contributed by atoms with Crippen LogP contribution in [-0.4, -0.2) is 4.98 Å². The number of nitrogens with one attached hydrogen (secondary N) is 1. The van der Waals surface area contributed by atoms with Crippen molar-refractivity contribution >= 4 is 0 Å². The van der Waals surface area contributed by atoms with Crippen LogP contribution in [-0.2, 0) is 0 Å². The molecule has 1 unspecified atom stereocenters. The maximum absolute atomic E-state index is 13.3. The molecule has 2 nitrogen and oxygen atoms in total. The van der Waals surface area contributed by atoms with Gasteiger partial charge in [0.1, 0.15) is 5.82 Å². The van der Waals surface area contributed by atoms with E-state index in [9.17, 15) is 4.39 Å². The van der Waals surface area contributed by atoms with E-state index in [-0.39, 0.29) is 17.9 Å². The fourth-order valence-corrected chi connectivity index (χ4v) is 2.20. The van der Waals surface area contributed by atoms with Crippen molar-refractivity contribution in [1.82, 2.24) is 10.3 Å². The predicted molar refractivity (Wildman–Crippen MR) is 75.2 cm³/mol. The Morgan fingerprint density at radius 3 is 2.63 bits per heavy atom. The fourth-order valence-electron chi connectivity index (χ4n) is 2.20. The smallest absolute Gasteiger partial charge is 0.123 e. The van der Waals surface area contributed by atoms with E-state index >= 15 is 0 Å². The lowest BCUT2D eigenvalue weighted by atomic mass is 10.0. The summed E-state index contributed by atoms with van der Waals surface area (Å²) in [6.45, 7) is 4.19. The first-order valence-electron chi connectivity index (χ1n) is 6.62. The summed E-state index contributed by atoms with van der Waals surface area (Å²) in [4.78, 5) is 4.13. The van der Waals surface area contributed by atoms with Gasteiger partial charge < -0.3 is 5.32 Å². The molecule has 2 atom stereocenters. The lowest BCUT2D eigenvalue weighted by Gasteiger charge is -2.23. The van der Waals surface area contributed by atoms with Gasteiger partial charge in [0.05, 0.1) is 0 Å². The number of hydrogen-bond donors (Lipinski definition) is 1. The maximum Gasteiger partial charge on any atom is 0.123 e. The average Bonchev–Trinajstić information content (AvgIpc) is 2.45. The van der Waals surface area contributed by atoms with Crippen LogP contribution < -0.4 is 5.32 Å². The van der Waals surface area contributed by atoms with Gasteiger partial charge in [-0.2, -0.15) is 0 Å². The lowest BCUT2D eigenvalue weighted by Crippen LogP contribution is -2.24. The predicted octanol–water partition coefficient (Wildman–Crippen LogP) is 4.02. The van der Waals surface area contributed by atoms with Crippen LogP contribution in [0.15, 0.2) is 48.8 Å². The first-order chi connectivity index (χ1) is 9.20. The molecular formula is C16H19FN2. The SMILES string of the molecule is CCC(N[C@@H](C)c1cccnc1)c1cccc(F)c1. The molecule has 0 saturated heterocycles. The molecule has 1 N–H and O–H groups in total. The van der Waals surface area contributed by atoms with Gasteiger partial charge in [-0.3, -0.25) is 4.98 Å². The summed E-state index contributed by atoms with van der Waals surface area (Å²) in [5.41, 5.74) is 2.12. The van der Waals surface area contributed by atoms with E-state index in [2.05, 4.69) is 24.1 Å². The molecule has 0 saturated carbocycles. The minimum Gasteiger partial charge on any atom is -0.303 e. The largest absolute Gasteiger partial charge is 0.303 e. The van der Waals surface area contributed by atoms with Crippen molar-refractivity contribution < 1.29 is 4.39 Å². The highest BCUT2D eigenvalue weighted by Gasteiger charge is 2.14. The van der Waals surface area contributed by atoms with Crippen LogP contribution in [0.3, 0.4) is 0 Å². The van der Waals surface area contributed by atoms with E-state index < -0.39 is 0 Å². The second-order valence-corrected chi connectivity index (χ2v) is 4.69. The van der Waals surface area contributed by atoms with Crippen LogP contribution in [0.2, 0.25) is 0 Å². The van der Waals surface area contributed by atoms with Crippen LogP contribution >= 0.6 is 0 Å². The summed E-state index contributed by atoms with van der Waals surface area (Å²) < 4.78 is 13.3. The highest BCUT2D eigenvalue weighted by molar-refractivity contribution is 5.21. The Morgan fingerprint density at radius 1 is 1.21 bits per heavy atom. The first-order valence-corrected chi connectivity index (χ1v) is 6.62. The van der Waals surface area contributed by atoms with Gasteiger partial charge in [0.25, 0.3) is 0 Å². The highest BCUT2D eigenvalue weighted by atomic mass is 19.1. The summed E-state index contributed by atoms with van der Waals surface area (Å²) in [6, 6.07) is 11.1. The van der Waals surface area contributed by atoms with Crippen molar-refractivity contribution in [2.24, 2.45) is 0 Å². The third-order valence-corrected chi connectivity index (χ3v) is 3.29. The zero-order chi connectivity index (χ0) is 13.7. The molecule has 0 bridgehead atoms. The molecular weight excluding hydrogens is 239 g/mol. The molecule has 0 spiro atoms. The molecule has 0 aliphatic rings. The number of pyridine rings is 1. The van der Waals surface area contributed by atoms with Crippen molar-refractivity contribution in [3.05, 3.63) is 65.7 Å². The summed E-state index contributed by atoms with van der Waals surface area (Å²) in [6.07, 6.45) is 4.53. The molecule has 0 aliphatic carbocycles. The molecule has 100 valence electrons. The fraction of sp³-hybridized carbons (Fsp3) is 0.312. The Kier molecular flexibility index (Phi) is 4.63. The molecule has 1 aromatic carbocycles. The minimum atomic E-state index is -0.188. The first kappa shape index (κ1) is 13.7. The Labute approximate surface area is 113 Å². The average molecular weight is 258 g/mol. The van der Waals surface area contributed by atoms with Crippen molar-refractivity contribution in [3.8, 4) is 0 Å². The number of rotatable bonds is 5. The molecule has 0 fully saturated rings. The second kappa shape index (κ2) is 6.43. The van der Waals surface area contributed by atoms with Crippen LogP contribution in [0.5, 0.6) is 0 Å². The van der Waals surface area contributed by atoms with Crippen LogP contribution in [0.25, 0.3) is 0 Å². The second-order valence-electron chi connectivity index (χ2n) is 4.69. The number of hydrogen-bond acceptors (Lipinski definition) is 2. The monoisotopic (exact) mass is 258 g/mol. The molecule has 0 radical (unpaired) electrons. The minimum absolute atomic E-state index is 0.144. The van der Waals surface area contributed by atoms with E-state index in [0.717, 1.165) is 17.5 Å². The third kappa shape index (κ3) is 3.61. The van der Waals surface area contributed by atoms with Crippen molar-refractivity contribution in [1.29, 1.82) is 0 Å². The van der Waals surface area contributed by atoms with Crippen LogP contribution in [0.4, 0.5) is 4.39 Å². The van der Waals surface area contributed by atoms with Gasteiger partial charge in [0.2, 0.25) is 0 Å². The summed E-state index contributed by atoms with van der Waals surface area (Å²) in [5.74, 6) is -0.188. The van der Waals surface area contributed by atoms with Gasteiger partial charge in [0.15, 0.2) is 0 Å². The quantitative estimate of drug-likeness (QED) is 0.876. The van der Waals surface area contributed by atoms with Gasteiger partial charge >= 0.3 is 0 Å². The number of nitrogens with zero attached hydrogens (tertiary/aromatic N) is 1. The van der Waals surface area contributed by atoms with Crippen molar-refractivity contribution in [2.45, 2.75) is 32.4 Å². The topological polar surface area (TPSA) is 24.9 Å². The Balaban J connectivity index is 2.11. The van der Waals surface area contributed by atoms with Gasteiger partial charge in [-0.15, -0.1) is 0 Å². The van der Waals surface area contributed by atoms with Crippen molar-refractivity contribution in [3.63, 3.8) is 0 Å². The molecule has 19 heavy (non-hydrogen) atoms. The standard InChI is InChI=1S/C16H19FN2/c1-3-16(13-6-4-8-15(17)10-13)19-12(2)14-7-5-9-18-11-14/h4-12,16,19H,3H2,1-2H3/t12-,16?/m0/s1. The Morgan fingerprint density at radius 2 is 2.00 bits per heavy atom. The molecule has 2 rings (SSSR count). The van der Waals surface area contributed by atoms with E-state index in [1.165, 1.54) is 6.07 Å². The van der Waals surface area contributed by atoms with E-state index in [0.29, 0.717) is 0 Å². The molecule has 0 aliphatic heterocycles. The molecule has 3 heteroatoms. The number of aromatic nitrogens is 1. The third-order valence-electron chi connectivity index (χ3n) is 3.29. The van der Waals surface area contributed by atoms with E-state index in [1.807, 2.05) is 24.4 Å². The van der Waals surface area contributed by atoms with Crippen LogP contribution in [0.1, 0.15) is 43.5 Å². The number of benzene rings is 1. The molecule has 1 aromatic heterocycles. The number of halogens is 1. The Bertz CT molecular complexity index is 513. The zero-order valence-electron chi connectivity index (χ0n) is 11.3. The maximum atomic E-state index is 13.3. The van der Waals surface area contributed by atoms with E-state index in [1.54, 1.807) is 18.3 Å². The summed E-state index contributed by atoms with van der Waals surface area (Å²) >= 11 is 0. The molecule has 2 aromatic rings. The normalized spacial score (nSPS) is 14.1. The van der Waals surface area contributed by atoms with Crippen LogP contribution in [0, 0.1) is 5.82 Å². The Hall–Kier alpha value is -1.74. The lowest BCUT2D eigenvalue weighted by molar-refractivity contribution is 0.453. The van der Waals surface area contributed by atoms with Gasteiger partial charge in [-0.05, 0) is 42.7 Å². The zero-order valence-corrected chi connectivity index (χ0v) is 11.3. The van der Waals surface area contributed by atoms with E-state index in [4.69, 9.17) is 0 Å². The molecule has 1 heterocycles. The summed E-state index contributed by atoms with van der Waals surface area (Å²) in [7, 11) is 0. The molecule has 0 amide bonds. The van der Waals surface area contributed by atoms with Gasteiger partial charge in [-0.25, -0.2) is 4.39 Å². The summed E-state index contributed by atoms with van der Waals surface area (Å²) in [5, 5.41) is 3.52.